The van der Waals surface area contributed by atoms with Crippen LogP contribution in [0, 0.1) is 0 Å². The maximum Gasteiger partial charge on any atom is 0.251 e. The lowest BCUT2D eigenvalue weighted by atomic mass is 10.2. The van der Waals surface area contributed by atoms with Gasteiger partial charge in [0.1, 0.15) is 11.5 Å². The molecule has 4 aromatic rings. The van der Waals surface area contributed by atoms with Crippen molar-refractivity contribution in [2.75, 3.05) is 24.8 Å². The van der Waals surface area contributed by atoms with Gasteiger partial charge in [-0.15, -0.1) is 10.2 Å². The summed E-state index contributed by atoms with van der Waals surface area (Å²) < 4.78 is 12.3. The first-order valence-electron chi connectivity index (χ1n) is 11.8. The predicted molar refractivity (Wildman–Crippen MR) is 147 cm³/mol. The number of hydrogen-bond acceptors (Lipinski definition) is 7. The molecule has 0 aliphatic rings. The number of benzene rings is 3. The molecule has 9 nitrogen and oxygen atoms in total. The van der Waals surface area contributed by atoms with Crippen molar-refractivity contribution in [3.8, 4) is 17.2 Å². The van der Waals surface area contributed by atoms with Crippen molar-refractivity contribution in [2.24, 2.45) is 0 Å². The van der Waals surface area contributed by atoms with Crippen LogP contribution in [0.3, 0.4) is 0 Å². The summed E-state index contributed by atoms with van der Waals surface area (Å²) in [6, 6.07) is 21.2. The van der Waals surface area contributed by atoms with E-state index in [-0.39, 0.29) is 24.1 Å². The zero-order chi connectivity index (χ0) is 26.9. The second kappa shape index (κ2) is 13.0. The quantitative estimate of drug-likeness (QED) is 0.253. The molecule has 196 valence electrons. The van der Waals surface area contributed by atoms with Crippen LogP contribution in [0.5, 0.6) is 11.5 Å². The van der Waals surface area contributed by atoms with Crippen LogP contribution in [0.1, 0.15) is 23.1 Å². The lowest BCUT2D eigenvalue weighted by Gasteiger charge is -2.12. The van der Waals surface area contributed by atoms with E-state index >= 15 is 0 Å². The molecule has 11 heteroatoms. The molecule has 0 saturated heterocycles. The Hall–Kier alpha value is -4.02. The second-order valence-corrected chi connectivity index (χ2v) is 9.24. The maximum atomic E-state index is 12.7. The molecule has 1 aromatic heterocycles. The maximum absolute atomic E-state index is 12.7. The van der Waals surface area contributed by atoms with Gasteiger partial charge in [0.15, 0.2) is 11.0 Å². The standard InChI is InChI=1S/C27H26ClN5O4S/c1-3-37-21-14-10-19(11-15-21)30-25(34)17-38-27-32-31-24(33(27)23-7-5-4-6-22(23)28)16-29-26(35)18-8-12-20(36-2)13-9-18/h4-15H,3,16-17H2,1-2H3,(H,29,35)(H,30,34). The summed E-state index contributed by atoms with van der Waals surface area (Å²) in [6.45, 7) is 2.58. The molecule has 3 aromatic carbocycles. The van der Waals surface area contributed by atoms with E-state index in [1.54, 1.807) is 66.3 Å². The van der Waals surface area contributed by atoms with Gasteiger partial charge in [0, 0.05) is 11.3 Å². The van der Waals surface area contributed by atoms with E-state index in [0.717, 1.165) is 5.75 Å². The Balaban J connectivity index is 1.46. The van der Waals surface area contributed by atoms with E-state index in [2.05, 4.69) is 20.8 Å². The molecule has 2 amide bonds. The fraction of sp³-hybridized carbons (Fsp3) is 0.185. The molecule has 0 aliphatic carbocycles. The number of hydrogen-bond donors (Lipinski definition) is 2. The molecule has 0 radical (unpaired) electrons. The topological polar surface area (TPSA) is 107 Å². The lowest BCUT2D eigenvalue weighted by Crippen LogP contribution is -2.24. The normalized spacial score (nSPS) is 10.6. The number of thioether (sulfide) groups is 1. The van der Waals surface area contributed by atoms with Crippen LogP contribution in [0.25, 0.3) is 5.69 Å². The van der Waals surface area contributed by atoms with E-state index in [4.69, 9.17) is 21.1 Å². The third kappa shape index (κ3) is 6.84. The van der Waals surface area contributed by atoms with Gasteiger partial charge in [-0.25, -0.2) is 0 Å². The van der Waals surface area contributed by atoms with Crippen LogP contribution >= 0.6 is 23.4 Å². The molecule has 1 heterocycles. The summed E-state index contributed by atoms with van der Waals surface area (Å²) in [5, 5.41) is 15.2. The number of nitrogens with zero attached hydrogens (tertiary/aromatic N) is 3. The van der Waals surface area contributed by atoms with E-state index in [9.17, 15) is 9.59 Å². The Morgan fingerprint density at radius 3 is 2.37 bits per heavy atom. The molecule has 0 spiro atoms. The highest BCUT2D eigenvalue weighted by molar-refractivity contribution is 7.99. The highest BCUT2D eigenvalue weighted by Gasteiger charge is 2.19. The number of nitrogens with one attached hydrogen (secondary N) is 2. The number of halogens is 1. The van der Waals surface area contributed by atoms with Crippen molar-refractivity contribution in [1.29, 1.82) is 0 Å². The summed E-state index contributed by atoms with van der Waals surface area (Å²) in [4.78, 5) is 25.3. The average Bonchev–Trinajstić information content (AvgIpc) is 3.34. The first-order chi connectivity index (χ1) is 18.5. The third-order valence-electron chi connectivity index (χ3n) is 5.33. The predicted octanol–water partition coefficient (Wildman–Crippen LogP) is 4.99. The Morgan fingerprint density at radius 1 is 0.974 bits per heavy atom. The number of carbonyl (C=O) groups excluding carboxylic acids is 2. The third-order valence-corrected chi connectivity index (χ3v) is 6.58. The minimum Gasteiger partial charge on any atom is -0.497 e. The molecule has 2 N–H and O–H groups in total. The molecule has 0 fully saturated rings. The van der Waals surface area contributed by atoms with Crippen LogP contribution in [0.15, 0.2) is 78.0 Å². The Bertz CT molecular complexity index is 1390. The van der Waals surface area contributed by atoms with Crippen LogP contribution in [-0.4, -0.2) is 46.0 Å². The van der Waals surface area contributed by atoms with Gasteiger partial charge in [0.2, 0.25) is 5.91 Å². The fourth-order valence-electron chi connectivity index (χ4n) is 3.52. The number of carbonyl (C=O) groups is 2. The smallest absolute Gasteiger partial charge is 0.251 e. The van der Waals surface area contributed by atoms with Crippen molar-refractivity contribution in [1.82, 2.24) is 20.1 Å². The van der Waals surface area contributed by atoms with Crippen LogP contribution in [-0.2, 0) is 11.3 Å². The highest BCUT2D eigenvalue weighted by Crippen LogP contribution is 2.27. The molecule has 4 rings (SSSR count). The van der Waals surface area contributed by atoms with Gasteiger partial charge in [-0.3, -0.25) is 14.2 Å². The van der Waals surface area contributed by atoms with Gasteiger partial charge >= 0.3 is 0 Å². The van der Waals surface area contributed by atoms with Gasteiger partial charge < -0.3 is 20.1 Å². The molecule has 38 heavy (non-hydrogen) atoms. The van der Waals surface area contributed by atoms with Crippen LogP contribution in [0.4, 0.5) is 5.69 Å². The Kier molecular flexibility index (Phi) is 9.23. The first kappa shape index (κ1) is 27.0. The minimum absolute atomic E-state index is 0.0913. The lowest BCUT2D eigenvalue weighted by molar-refractivity contribution is -0.113. The number of amides is 2. The van der Waals surface area contributed by atoms with E-state index in [1.165, 1.54) is 11.8 Å². The molecular formula is C27H26ClN5O4S. The summed E-state index contributed by atoms with van der Waals surface area (Å²) in [7, 11) is 1.57. The first-order valence-corrected chi connectivity index (χ1v) is 13.1. The van der Waals surface area contributed by atoms with E-state index in [0.29, 0.717) is 45.3 Å². The number of rotatable bonds is 11. The summed E-state index contributed by atoms with van der Waals surface area (Å²) in [5.74, 6) is 1.48. The second-order valence-electron chi connectivity index (χ2n) is 7.89. The van der Waals surface area contributed by atoms with Gasteiger partial charge in [0.25, 0.3) is 5.91 Å². The van der Waals surface area contributed by atoms with Crippen molar-refractivity contribution >= 4 is 40.9 Å². The average molecular weight is 552 g/mol. The molecule has 0 atom stereocenters. The van der Waals surface area contributed by atoms with Gasteiger partial charge in [-0.1, -0.05) is 35.5 Å². The Morgan fingerprint density at radius 2 is 1.68 bits per heavy atom. The molecular weight excluding hydrogens is 526 g/mol. The zero-order valence-electron chi connectivity index (χ0n) is 20.8. The van der Waals surface area contributed by atoms with Crippen molar-refractivity contribution in [3.05, 3.63) is 89.2 Å². The molecule has 0 aliphatic heterocycles. The van der Waals surface area contributed by atoms with Crippen molar-refractivity contribution in [3.63, 3.8) is 0 Å². The van der Waals surface area contributed by atoms with Crippen molar-refractivity contribution in [2.45, 2.75) is 18.6 Å². The van der Waals surface area contributed by atoms with E-state index in [1.807, 2.05) is 25.1 Å². The van der Waals surface area contributed by atoms with Crippen molar-refractivity contribution < 1.29 is 19.1 Å². The number of para-hydroxylation sites is 1. The summed E-state index contributed by atoms with van der Waals surface area (Å²) in [5.41, 5.74) is 1.78. The molecule has 0 saturated carbocycles. The SMILES string of the molecule is CCOc1ccc(NC(=O)CSc2nnc(CNC(=O)c3ccc(OC)cc3)n2-c2ccccc2Cl)cc1. The van der Waals surface area contributed by atoms with Gasteiger partial charge in [0.05, 0.1) is 36.7 Å². The summed E-state index contributed by atoms with van der Waals surface area (Å²) >= 11 is 7.69. The summed E-state index contributed by atoms with van der Waals surface area (Å²) in [6.07, 6.45) is 0. The number of methoxy groups -OCH3 is 1. The number of ether oxygens (including phenoxy) is 2. The zero-order valence-corrected chi connectivity index (χ0v) is 22.4. The van der Waals surface area contributed by atoms with Crippen LogP contribution < -0.4 is 20.1 Å². The number of aromatic nitrogens is 3. The molecule has 0 unspecified atom stereocenters. The van der Waals surface area contributed by atoms with Crippen LogP contribution in [0.2, 0.25) is 5.02 Å². The number of anilines is 1. The van der Waals surface area contributed by atoms with Gasteiger partial charge in [-0.2, -0.15) is 0 Å². The monoisotopic (exact) mass is 551 g/mol. The fourth-order valence-corrected chi connectivity index (χ4v) is 4.50. The molecule has 0 bridgehead atoms. The Labute approximate surface area is 229 Å². The largest absolute Gasteiger partial charge is 0.497 e. The van der Waals surface area contributed by atoms with Gasteiger partial charge in [-0.05, 0) is 67.6 Å². The van der Waals surface area contributed by atoms with E-state index < -0.39 is 0 Å². The minimum atomic E-state index is -0.273. The highest BCUT2D eigenvalue weighted by atomic mass is 35.5.